The molecule has 2 aromatic heterocycles. The van der Waals surface area contributed by atoms with Crippen molar-refractivity contribution in [3.05, 3.63) is 35.2 Å². The zero-order chi connectivity index (χ0) is 24.0. The van der Waals surface area contributed by atoms with Crippen molar-refractivity contribution in [1.82, 2.24) is 35.2 Å². The lowest BCUT2D eigenvalue weighted by Crippen LogP contribution is -2.71. The molecular weight excluding hydrogens is 459 g/mol. The maximum atomic E-state index is 12.9. The predicted octanol–water partition coefficient (Wildman–Crippen LogP) is 3.75. The van der Waals surface area contributed by atoms with E-state index in [4.69, 9.17) is 0 Å². The third-order valence-electron chi connectivity index (χ3n) is 8.83. The summed E-state index contributed by atoms with van der Waals surface area (Å²) in [4.78, 5) is 20.3. The number of hydrogen-bond acceptors (Lipinski definition) is 5. The molecule has 2 amide bonds. The Kier molecular flexibility index (Phi) is 4.41. The zero-order valence-corrected chi connectivity index (χ0v) is 19.4. The van der Waals surface area contributed by atoms with Crippen LogP contribution in [0.15, 0.2) is 12.1 Å². The summed E-state index contributed by atoms with van der Waals surface area (Å²) in [6, 6.07) is 2.58. The van der Waals surface area contributed by atoms with Crippen molar-refractivity contribution in [2.24, 2.45) is 16.7 Å². The standard InChI is InChI=1S/C24H28F3N7O/c25-24(26,27)18-4-3-17(29-30-18)5-14-6-22(7-14)10-33(11-22)21(35)34-12-23(13-34)8-16(9-23)20-28-19(31-32-20)15-1-2-15/h3-4,14-16H,1-2,5-13H2,(H,28,31,32). The average molecular weight is 488 g/mol. The Morgan fingerprint density at radius 2 is 1.49 bits per heavy atom. The van der Waals surface area contributed by atoms with Crippen LogP contribution in [-0.2, 0) is 12.6 Å². The van der Waals surface area contributed by atoms with E-state index in [0.717, 1.165) is 69.6 Å². The van der Waals surface area contributed by atoms with Crippen LogP contribution in [0.5, 0.6) is 0 Å². The molecule has 8 nitrogen and oxygen atoms in total. The molecule has 0 atom stereocenters. The molecule has 2 aliphatic heterocycles. The molecule has 7 rings (SSSR count). The first kappa shape index (κ1) is 21.6. The molecule has 0 aromatic carbocycles. The summed E-state index contributed by atoms with van der Waals surface area (Å²) in [6.45, 7) is 3.25. The molecular formula is C24H28F3N7O. The molecule has 5 fully saturated rings. The van der Waals surface area contributed by atoms with Crippen LogP contribution in [0.1, 0.15) is 73.4 Å². The highest BCUT2D eigenvalue weighted by atomic mass is 19.4. The number of hydrogen-bond donors (Lipinski definition) is 1. The van der Waals surface area contributed by atoms with Gasteiger partial charge in [0.1, 0.15) is 11.6 Å². The molecule has 35 heavy (non-hydrogen) atoms. The average Bonchev–Trinajstić information content (AvgIpc) is 3.44. The number of carbonyl (C=O) groups is 1. The van der Waals surface area contributed by atoms with Crippen LogP contribution in [0.4, 0.5) is 18.0 Å². The summed E-state index contributed by atoms with van der Waals surface area (Å²) in [6.07, 6.45) is 2.75. The van der Waals surface area contributed by atoms with Crippen LogP contribution in [0.2, 0.25) is 0 Å². The normalized spacial score (nSPS) is 25.2. The molecule has 2 aromatic rings. The first-order chi connectivity index (χ1) is 16.7. The van der Waals surface area contributed by atoms with Gasteiger partial charge in [-0.15, -0.1) is 15.3 Å². The second kappa shape index (κ2) is 7.16. The summed E-state index contributed by atoms with van der Waals surface area (Å²) < 4.78 is 37.9. The topological polar surface area (TPSA) is 90.9 Å². The Labute approximate surface area is 200 Å². The second-order valence-corrected chi connectivity index (χ2v) is 11.9. The van der Waals surface area contributed by atoms with Gasteiger partial charge in [0.25, 0.3) is 0 Å². The second-order valence-electron chi connectivity index (χ2n) is 11.9. The highest BCUT2D eigenvalue weighted by Gasteiger charge is 2.58. The molecule has 5 aliphatic rings. The summed E-state index contributed by atoms with van der Waals surface area (Å²) in [5.74, 6) is 3.50. The number of nitrogens with zero attached hydrogens (tertiary/aromatic N) is 6. The van der Waals surface area contributed by atoms with Crippen molar-refractivity contribution in [3.63, 3.8) is 0 Å². The summed E-state index contributed by atoms with van der Waals surface area (Å²) in [7, 11) is 0. The molecule has 0 radical (unpaired) electrons. The van der Waals surface area contributed by atoms with Crippen LogP contribution in [0.25, 0.3) is 0 Å². The summed E-state index contributed by atoms with van der Waals surface area (Å²) in [5.41, 5.74) is 0.101. The maximum absolute atomic E-state index is 12.9. The van der Waals surface area contributed by atoms with Gasteiger partial charge < -0.3 is 14.8 Å². The van der Waals surface area contributed by atoms with E-state index in [-0.39, 0.29) is 16.9 Å². The Balaban J connectivity index is 0.840. The third-order valence-corrected chi connectivity index (χ3v) is 8.83. The first-order valence-electron chi connectivity index (χ1n) is 12.6. The Hall–Kier alpha value is -2.72. The number of halogens is 3. The molecule has 186 valence electrons. The number of nitrogens with one attached hydrogen (secondary N) is 1. The van der Waals surface area contributed by atoms with E-state index in [2.05, 4.69) is 25.4 Å². The molecule has 3 aliphatic carbocycles. The number of amides is 2. The monoisotopic (exact) mass is 487 g/mol. The van der Waals surface area contributed by atoms with E-state index >= 15 is 0 Å². The fraction of sp³-hybridized carbons (Fsp3) is 0.708. The van der Waals surface area contributed by atoms with Gasteiger partial charge in [0.2, 0.25) is 0 Å². The van der Waals surface area contributed by atoms with E-state index < -0.39 is 11.9 Å². The quantitative estimate of drug-likeness (QED) is 0.710. The third kappa shape index (κ3) is 3.69. The minimum Gasteiger partial charge on any atom is -0.328 e. The number of aromatic amines is 1. The molecule has 1 N–H and O–H groups in total. The van der Waals surface area contributed by atoms with Gasteiger partial charge >= 0.3 is 12.2 Å². The number of H-pyrrole nitrogens is 1. The van der Waals surface area contributed by atoms with Crippen molar-refractivity contribution in [2.45, 2.75) is 63.0 Å². The van der Waals surface area contributed by atoms with E-state index in [0.29, 0.717) is 29.9 Å². The smallest absolute Gasteiger partial charge is 0.328 e. The Morgan fingerprint density at radius 3 is 2.03 bits per heavy atom. The van der Waals surface area contributed by atoms with Crippen LogP contribution in [-0.4, -0.2) is 67.4 Å². The molecule has 4 heterocycles. The molecule has 2 spiro atoms. The zero-order valence-electron chi connectivity index (χ0n) is 19.4. The summed E-state index contributed by atoms with van der Waals surface area (Å²) >= 11 is 0. The number of carbonyl (C=O) groups excluding carboxylic acids is 1. The van der Waals surface area contributed by atoms with E-state index in [1.165, 1.54) is 18.9 Å². The van der Waals surface area contributed by atoms with Crippen molar-refractivity contribution < 1.29 is 18.0 Å². The van der Waals surface area contributed by atoms with Gasteiger partial charge in [-0.05, 0) is 63.0 Å². The van der Waals surface area contributed by atoms with E-state index in [1.54, 1.807) is 0 Å². The molecule has 0 unspecified atom stereocenters. The van der Waals surface area contributed by atoms with E-state index in [9.17, 15) is 18.0 Å². The van der Waals surface area contributed by atoms with Gasteiger partial charge in [-0.1, -0.05) is 0 Å². The SMILES string of the molecule is O=C(N1CC2(CC(Cc3ccc(C(F)(F)F)nn3)C2)C1)N1CC2(CC(c3nnc(C4CC4)[nH]3)C2)C1. The minimum atomic E-state index is -4.46. The van der Waals surface area contributed by atoms with Crippen LogP contribution < -0.4 is 0 Å². The molecule has 3 saturated carbocycles. The number of alkyl halides is 3. The van der Waals surface area contributed by atoms with Crippen molar-refractivity contribution >= 4 is 6.03 Å². The largest absolute Gasteiger partial charge is 0.435 e. The Bertz CT molecular complexity index is 1130. The fourth-order valence-electron chi connectivity index (χ4n) is 6.93. The maximum Gasteiger partial charge on any atom is 0.435 e. The molecule has 11 heteroatoms. The first-order valence-corrected chi connectivity index (χ1v) is 12.6. The number of likely N-dealkylation sites (tertiary alicyclic amines) is 2. The van der Waals surface area contributed by atoms with Gasteiger partial charge in [-0.3, -0.25) is 0 Å². The lowest BCUT2D eigenvalue weighted by Gasteiger charge is -2.63. The lowest BCUT2D eigenvalue weighted by atomic mass is 9.56. The predicted molar refractivity (Wildman–Crippen MR) is 117 cm³/mol. The summed E-state index contributed by atoms with van der Waals surface area (Å²) in [5, 5.41) is 15.7. The number of rotatable bonds is 4. The van der Waals surface area contributed by atoms with E-state index in [1.807, 2.05) is 9.80 Å². The highest BCUT2D eigenvalue weighted by Crippen LogP contribution is 2.57. The molecule has 0 bridgehead atoms. The van der Waals surface area contributed by atoms with Gasteiger partial charge in [0, 0.05) is 48.8 Å². The van der Waals surface area contributed by atoms with Crippen LogP contribution in [0, 0.1) is 16.7 Å². The molecule has 2 saturated heterocycles. The number of aromatic nitrogens is 5. The lowest BCUT2D eigenvalue weighted by molar-refractivity contribution is -0.141. The minimum absolute atomic E-state index is 0.150. The van der Waals surface area contributed by atoms with Gasteiger partial charge in [-0.25, -0.2) is 4.79 Å². The van der Waals surface area contributed by atoms with Gasteiger partial charge in [0.15, 0.2) is 5.69 Å². The fourth-order valence-corrected chi connectivity index (χ4v) is 6.93. The van der Waals surface area contributed by atoms with Gasteiger partial charge in [-0.2, -0.15) is 18.3 Å². The van der Waals surface area contributed by atoms with Crippen molar-refractivity contribution in [1.29, 1.82) is 0 Å². The van der Waals surface area contributed by atoms with Crippen molar-refractivity contribution in [3.8, 4) is 0 Å². The van der Waals surface area contributed by atoms with Crippen molar-refractivity contribution in [2.75, 3.05) is 26.2 Å². The number of urea groups is 1. The van der Waals surface area contributed by atoms with Gasteiger partial charge in [0.05, 0.1) is 5.69 Å². The highest BCUT2D eigenvalue weighted by molar-refractivity contribution is 5.77. The van der Waals surface area contributed by atoms with Crippen LogP contribution >= 0.6 is 0 Å². The van der Waals surface area contributed by atoms with Crippen LogP contribution in [0.3, 0.4) is 0 Å². The Morgan fingerprint density at radius 1 is 0.886 bits per heavy atom.